The monoisotopic (exact) mass is 335 g/mol. The van der Waals surface area contributed by atoms with Gasteiger partial charge in [-0.1, -0.05) is 6.07 Å². The SMILES string of the molecule is COCCCOc1cccc(NC(=O)c2csc(CCN)n2)c1. The Labute approximate surface area is 139 Å². The summed E-state index contributed by atoms with van der Waals surface area (Å²) in [6.07, 6.45) is 1.50. The molecule has 124 valence electrons. The van der Waals surface area contributed by atoms with Crippen LogP contribution in [-0.4, -0.2) is 37.8 Å². The van der Waals surface area contributed by atoms with Gasteiger partial charge in [-0.3, -0.25) is 4.79 Å². The Morgan fingerprint density at radius 3 is 3.04 bits per heavy atom. The molecule has 1 heterocycles. The van der Waals surface area contributed by atoms with Crippen molar-refractivity contribution >= 4 is 22.9 Å². The Kier molecular flexibility index (Phi) is 6.99. The molecule has 0 spiro atoms. The quantitative estimate of drug-likeness (QED) is 0.687. The van der Waals surface area contributed by atoms with Crippen molar-refractivity contribution in [1.82, 2.24) is 4.98 Å². The van der Waals surface area contributed by atoms with E-state index in [4.69, 9.17) is 15.2 Å². The second kappa shape index (κ2) is 9.24. The predicted octanol–water partition coefficient (Wildman–Crippen LogP) is 2.31. The molecule has 0 saturated heterocycles. The van der Waals surface area contributed by atoms with Gasteiger partial charge in [-0.2, -0.15) is 0 Å². The summed E-state index contributed by atoms with van der Waals surface area (Å²) in [6.45, 7) is 1.75. The van der Waals surface area contributed by atoms with Crippen molar-refractivity contribution in [2.75, 3.05) is 32.2 Å². The number of methoxy groups -OCH3 is 1. The minimum atomic E-state index is -0.235. The lowest BCUT2D eigenvalue weighted by atomic mass is 10.3. The van der Waals surface area contributed by atoms with Gasteiger partial charge in [0.1, 0.15) is 11.4 Å². The Morgan fingerprint density at radius 1 is 1.39 bits per heavy atom. The number of ether oxygens (including phenoxy) is 2. The fraction of sp³-hybridized carbons (Fsp3) is 0.375. The van der Waals surface area contributed by atoms with Gasteiger partial charge in [-0.15, -0.1) is 11.3 Å². The van der Waals surface area contributed by atoms with Crippen molar-refractivity contribution in [2.45, 2.75) is 12.8 Å². The summed E-state index contributed by atoms with van der Waals surface area (Å²) in [4.78, 5) is 16.5. The number of rotatable bonds is 9. The first-order valence-corrected chi connectivity index (χ1v) is 8.28. The van der Waals surface area contributed by atoms with E-state index in [1.54, 1.807) is 18.6 Å². The van der Waals surface area contributed by atoms with Gasteiger partial charge in [0.2, 0.25) is 0 Å². The van der Waals surface area contributed by atoms with E-state index >= 15 is 0 Å². The Morgan fingerprint density at radius 2 is 2.26 bits per heavy atom. The van der Waals surface area contributed by atoms with Crippen LogP contribution in [0.2, 0.25) is 0 Å². The molecule has 0 fully saturated rings. The van der Waals surface area contributed by atoms with E-state index in [1.165, 1.54) is 11.3 Å². The zero-order valence-electron chi connectivity index (χ0n) is 13.1. The lowest BCUT2D eigenvalue weighted by Gasteiger charge is -2.08. The number of carbonyl (C=O) groups is 1. The number of hydrogen-bond acceptors (Lipinski definition) is 6. The first-order valence-electron chi connectivity index (χ1n) is 7.40. The molecular weight excluding hydrogens is 314 g/mol. The number of hydrogen-bond donors (Lipinski definition) is 2. The van der Waals surface area contributed by atoms with E-state index in [-0.39, 0.29) is 5.91 Å². The molecule has 0 radical (unpaired) electrons. The normalized spacial score (nSPS) is 10.5. The molecule has 2 rings (SSSR count). The zero-order chi connectivity index (χ0) is 16.5. The maximum atomic E-state index is 12.2. The first-order chi connectivity index (χ1) is 11.2. The molecule has 1 aromatic heterocycles. The minimum Gasteiger partial charge on any atom is -0.493 e. The Hall–Kier alpha value is -1.96. The fourth-order valence-electron chi connectivity index (χ4n) is 1.91. The van der Waals surface area contributed by atoms with Gasteiger partial charge in [-0.05, 0) is 18.7 Å². The van der Waals surface area contributed by atoms with Crippen LogP contribution in [0, 0.1) is 0 Å². The van der Waals surface area contributed by atoms with Gasteiger partial charge in [0.15, 0.2) is 0 Å². The van der Waals surface area contributed by atoms with Crippen LogP contribution in [0.3, 0.4) is 0 Å². The van der Waals surface area contributed by atoms with Gasteiger partial charge in [0.25, 0.3) is 5.91 Å². The molecule has 0 bridgehead atoms. The molecular formula is C16H21N3O3S. The van der Waals surface area contributed by atoms with E-state index < -0.39 is 0 Å². The highest BCUT2D eigenvalue weighted by Gasteiger charge is 2.11. The van der Waals surface area contributed by atoms with Crippen LogP contribution in [0.25, 0.3) is 0 Å². The van der Waals surface area contributed by atoms with Crippen LogP contribution in [0.1, 0.15) is 21.9 Å². The molecule has 1 aromatic carbocycles. The molecule has 1 amide bonds. The number of anilines is 1. The molecule has 6 nitrogen and oxygen atoms in total. The second-order valence-electron chi connectivity index (χ2n) is 4.84. The molecule has 3 N–H and O–H groups in total. The summed E-state index contributed by atoms with van der Waals surface area (Å²) >= 11 is 1.44. The highest BCUT2D eigenvalue weighted by molar-refractivity contribution is 7.09. The van der Waals surface area contributed by atoms with E-state index in [0.717, 1.165) is 11.4 Å². The summed E-state index contributed by atoms with van der Waals surface area (Å²) < 4.78 is 10.6. The third kappa shape index (κ3) is 5.63. The summed E-state index contributed by atoms with van der Waals surface area (Å²) in [7, 11) is 1.66. The largest absolute Gasteiger partial charge is 0.493 e. The van der Waals surface area contributed by atoms with Gasteiger partial charge < -0.3 is 20.5 Å². The molecule has 7 heteroatoms. The van der Waals surface area contributed by atoms with E-state index in [2.05, 4.69) is 10.3 Å². The number of benzene rings is 1. The van der Waals surface area contributed by atoms with Gasteiger partial charge in [-0.25, -0.2) is 4.98 Å². The average Bonchev–Trinajstić information content (AvgIpc) is 3.01. The number of carbonyl (C=O) groups excluding carboxylic acids is 1. The van der Waals surface area contributed by atoms with E-state index in [1.807, 2.05) is 18.2 Å². The van der Waals surface area contributed by atoms with Crippen LogP contribution >= 0.6 is 11.3 Å². The molecule has 0 aliphatic carbocycles. The molecule has 0 aliphatic rings. The van der Waals surface area contributed by atoms with E-state index in [0.29, 0.717) is 43.3 Å². The number of nitrogens with two attached hydrogens (primary N) is 1. The summed E-state index contributed by atoms with van der Waals surface area (Å²) in [5, 5.41) is 5.43. The van der Waals surface area contributed by atoms with Crippen molar-refractivity contribution in [3.8, 4) is 5.75 Å². The van der Waals surface area contributed by atoms with Gasteiger partial charge >= 0.3 is 0 Å². The lowest BCUT2D eigenvalue weighted by Crippen LogP contribution is -2.13. The molecule has 2 aromatic rings. The number of aromatic nitrogens is 1. The molecule has 0 unspecified atom stereocenters. The van der Waals surface area contributed by atoms with Crippen LogP contribution < -0.4 is 15.8 Å². The summed E-state index contributed by atoms with van der Waals surface area (Å²) in [5.41, 5.74) is 6.57. The lowest BCUT2D eigenvalue weighted by molar-refractivity contribution is 0.102. The van der Waals surface area contributed by atoms with Crippen LogP contribution in [0.15, 0.2) is 29.6 Å². The maximum Gasteiger partial charge on any atom is 0.275 e. The first kappa shape index (κ1) is 17.4. The predicted molar refractivity (Wildman–Crippen MR) is 91.3 cm³/mol. The number of thiazole rings is 1. The highest BCUT2D eigenvalue weighted by atomic mass is 32.1. The smallest absolute Gasteiger partial charge is 0.275 e. The fourth-order valence-corrected chi connectivity index (χ4v) is 2.70. The third-order valence-corrected chi connectivity index (χ3v) is 3.90. The Bertz CT molecular complexity index is 631. The van der Waals surface area contributed by atoms with Crippen molar-refractivity contribution in [3.63, 3.8) is 0 Å². The minimum absolute atomic E-state index is 0.235. The van der Waals surface area contributed by atoms with Crippen molar-refractivity contribution in [2.24, 2.45) is 5.73 Å². The molecule has 0 atom stereocenters. The Balaban J connectivity index is 1.92. The molecule has 0 saturated carbocycles. The summed E-state index contributed by atoms with van der Waals surface area (Å²) in [5.74, 6) is 0.474. The second-order valence-corrected chi connectivity index (χ2v) is 5.78. The van der Waals surface area contributed by atoms with Gasteiger partial charge in [0, 0.05) is 43.7 Å². The number of nitrogens with zero attached hydrogens (tertiary/aromatic N) is 1. The number of nitrogens with one attached hydrogen (secondary N) is 1. The van der Waals surface area contributed by atoms with E-state index in [9.17, 15) is 4.79 Å². The topological polar surface area (TPSA) is 86.5 Å². The highest BCUT2D eigenvalue weighted by Crippen LogP contribution is 2.19. The van der Waals surface area contributed by atoms with Gasteiger partial charge in [0.05, 0.1) is 11.6 Å². The number of amides is 1. The maximum absolute atomic E-state index is 12.2. The van der Waals surface area contributed by atoms with Crippen LogP contribution in [0.4, 0.5) is 5.69 Å². The van der Waals surface area contributed by atoms with Crippen molar-refractivity contribution in [1.29, 1.82) is 0 Å². The molecule has 23 heavy (non-hydrogen) atoms. The average molecular weight is 335 g/mol. The van der Waals surface area contributed by atoms with Crippen LogP contribution in [0.5, 0.6) is 5.75 Å². The zero-order valence-corrected chi connectivity index (χ0v) is 13.9. The van der Waals surface area contributed by atoms with Crippen molar-refractivity contribution in [3.05, 3.63) is 40.3 Å². The third-order valence-electron chi connectivity index (χ3n) is 3.00. The summed E-state index contributed by atoms with van der Waals surface area (Å²) in [6, 6.07) is 7.29. The van der Waals surface area contributed by atoms with Crippen LogP contribution in [-0.2, 0) is 11.2 Å². The van der Waals surface area contributed by atoms with Crippen molar-refractivity contribution < 1.29 is 14.3 Å². The molecule has 0 aliphatic heterocycles. The standard InChI is InChI=1S/C16H21N3O3S/c1-21-8-3-9-22-13-5-2-4-12(10-13)18-16(20)14-11-23-15(19-14)6-7-17/h2,4-5,10-11H,3,6-9,17H2,1H3,(H,18,20).